The fourth-order valence-electron chi connectivity index (χ4n) is 1.59. The van der Waals surface area contributed by atoms with Crippen LogP contribution in [0.4, 0.5) is 5.95 Å². The summed E-state index contributed by atoms with van der Waals surface area (Å²) < 4.78 is 25.6. The van der Waals surface area contributed by atoms with Crippen LogP contribution in [-0.4, -0.2) is 53.5 Å². The molecule has 114 valence electrons. The van der Waals surface area contributed by atoms with Crippen molar-refractivity contribution in [1.82, 2.24) is 14.3 Å². The molecule has 20 heavy (non-hydrogen) atoms. The van der Waals surface area contributed by atoms with E-state index in [0.29, 0.717) is 5.95 Å². The Morgan fingerprint density at radius 2 is 1.90 bits per heavy atom. The molecular weight excluding hydrogens is 280 g/mol. The second kappa shape index (κ2) is 6.47. The number of anilines is 1. The number of aliphatic hydroxyl groups is 1. The summed E-state index contributed by atoms with van der Waals surface area (Å²) in [6.07, 6.45) is 3.46. The van der Waals surface area contributed by atoms with Crippen LogP contribution < -0.4 is 5.32 Å². The van der Waals surface area contributed by atoms with Gasteiger partial charge in [0.15, 0.2) is 0 Å². The van der Waals surface area contributed by atoms with E-state index in [0.717, 1.165) is 17.3 Å². The van der Waals surface area contributed by atoms with Gasteiger partial charge in [0.05, 0.1) is 18.0 Å². The SMILES string of the molecule is CCCNc1ncc(S(=O)(=O)N(C)CC(C)(C)O)cn1. The maximum Gasteiger partial charge on any atom is 0.245 e. The molecule has 8 heteroatoms. The molecule has 2 N–H and O–H groups in total. The Labute approximate surface area is 120 Å². The summed E-state index contributed by atoms with van der Waals surface area (Å²) >= 11 is 0. The highest BCUT2D eigenvalue weighted by Gasteiger charge is 2.26. The fourth-order valence-corrected chi connectivity index (χ4v) is 2.80. The first-order valence-corrected chi connectivity index (χ1v) is 7.85. The van der Waals surface area contributed by atoms with Crippen molar-refractivity contribution >= 4 is 16.0 Å². The van der Waals surface area contributed by atoms with Crippen LogP contribution in [0.25, 0.3) is 0 Å². The van der Waals surface area contributed by atoms with Gasteiger partial charge in [-0.3, -0.25) is 0 Å². The maximum absolute atomic E-state index is 12.2. The minimum Gasteiger partial charge on any atom is -0.389 e. The van der Waals surface area contributed by atoms with Crippen LogP contribution in [-0.2, 0) is 10.0 Å². The molecule has 0 aliphatic carbocycles. The molecule has 1 aromatic heterocycles. The van der Waals surface area contributed by atoms with E-state index in [1.54, 1.807) is 13.8 Å². The molecule has 1 rings (SSSR count). The maximum atomic E-state index is 12.2. The molecule has 0 aliphatic rings. The Bertz CT molecular complexity index is 523. The third-order valence-electron chi connectivity index (χ3n) is 2.48. The van der Waals surface area contributed by atoms with Crippen molar-refractivity contribution < 1.29 is 13.5 Å². The second-order valence-corrected chi connectivity index (χ2v) is 7.29. The molecule has 0 fully saturated rings. The van der Waals surface area contributed by atoms with Gasteiger partial charge in [-0.1, -0.05) is 6.92 Å². The Hall–Kier alpha value is -1.25. The van der Waals surface area contributed by atoms with Crippen molar-refractivity contribution in [3.8, 4) is 0 Å². The highest BCUT2D eigenvalue weighted by atomic mass is 32.2. The number of sulfonamides is 1. The van der Waals surface area contributed by atoms with E-state index < -0.39 is 15.6 Å². The standard InChI is InChI=1S/C12H22N4O3S/c1-5-6-13-11-14-7-10(8-15-11)20(18,19)16(4)9-12(2,3)17/h7-8,17H,5-6,9H2,1-4H3,(H,13,14,15). The summed E-state index contributed by atoms with van der Waals surface area (Å²) in [5.74, 6) is 0.399. The van der Waals surface area contributed by atoms with Crippen molar-refractivity contribution in [2.24, 2.45) is 0 Å². The number of hydrogen-bond donors (Lipinski definition) is 2. The summed E-state index contributed by atoms with van der Waals surface area (Å²) in [6, 6.07) is 0. The molecule has 1 heterocycles. The predicted octanol–water partition coefficient (Wildman–Crippen LogP) is 0.690. The van der Waals surface area contributed by atoms with Gasteiger partial charge in [0, 0.05) is 20.1 Å². The number of nitrogens with one attached hydrogen (secondary N) is 1. The molecule has 0 radical (unpaired) electrons. The van der Waals surface area contributed by atoms with Gasteiger partial charge >= 0.3 is 0 Å². The van der Waals surface area contributed by atoms with Crippen LogP contribution >= 0.6 is 0 Å². The smallest absolute Gasteiger partial charge is 0.245 e. The summed E-state index contributed by atoms with van der Waals surface area (Å²) in [6.45, 7) is 5.83. The van der Waals surface area contributed by atoms with Crippen LogP contribution in [0.15, 0.2) is 17.3 Å². The summed E-state index contributed by atoms with van der Waals surface area (Å²) in [5, 5.41) is 12.7. The lowest BCUT2D eigenvalue weighted by atomic mass is 10.1. The van der Waals surface area contributed by atoms with Crippen molar-refractivity contribution in [3.63, 3.8) is 0 Å². The van der Waals surface area contributed by atoms with Gasteiger partial charge in [-0.25, -0.2) is 18.4 Å². The molecule has 1 aromatic rings. The van der Waals surface area contributed by atoms with Crippen molar-refractivity contribution in [2.75, 3.05) is 25.5 Å². The van der Waals surface area contributed by atoms with Crippen LogP contribution in [0.1, 0.15) is 27.2 Å². The van der Waals surface area contributed by atoms with Gasteiger partial charge < -0.3 is 10.4 Å². The minimum atomic E-state index is -3.69. The fraction of sp³-hybridized carbons (Fsp3) is 0.667. The normalized spacial score (nSPS) is 12.7. The van der Waals surface area contributed by atoms with Crippen LogP contribution in [0.2, 0.25) is 0 Å². The first-order valence-electron chi connectivity index (χ1n) is 6.41. The molecule has 0 aliphatic heterocycles. The number of aromatic nitrogens is 2. The van der Waals surface area contributed by atoms with Gasteiger partial charge in [-0.2, -0.15) is 4.31 Å². The quantitative estimate of drug-likeness (QED) is 0.769. The van der Waals surface area contributed by atoms with Gasteiger partial charge in [0.2, 0.25) is 16.0 Å². The number of likely N-dealkylation sites (N-methyl/N-ethyl adjacent to an activating group) is 1. The average Bonchev–Trinajstić information content (AvgIpc) is 2.34. The molecular formula is C12H22N4O3S. The molecule has 0 saturated carbocycles. The number of nitrogens with zero attached hydrogens (tertiary/aromatic N) is 3. The van der Waals surface area contributed by atoms with E-state index in [9.17, 15) is 13.5 Å². The van der Waals surface area contributed by atoms with E-state index in [4.69, 9.17) is 0 Å². The van der Waals surface area contributed by atoms with Crippen LogP contribution in [0.3, 0.4) is 0 Å². The highest BCUT2D eigenvalue weighted by Crippen LogP contribution is 2.15. The Morgan fingerprint density at radius 3 is 2.35 bits per heavy atom. The average molecular weight is 302 g/mol. The molecule has 7 nitrogen and oxygen atoms in total. The monoisotopic (exact) mass is 302 g/mol. The molecule has 0 unspecified atom stereocenters. The first-order chi connectivity index (χ1) is 9.16. The lowest BCUT2D eigenvalue weighted by Gasteiger charge is -2.24. The highest BCUT2D eigenvalue weighted by molar-refractivity contribution is 7.89. The summed E-state index contributed by atoms with van der Waals surface area (Å²) in [4.78, 5) is 7.95. The molecule has 0 atom stereocenters. The van der Waals surface area contributed by atoms with E-state index >= 15 is 0 Å². The predicted molar refractivity (Wildman–Crippen MR) is 76.9 cm³/mol. The Morgan fingerprint density at radius 1 is 1.35 bits per heavy atom. The number of hydrogen-bond acceptors (Lipinski definition) is 6. The largest absolute Gasteiger partial charge is 0.389 e. The zero-order valence-corrected chi connectivity index (χ0v) is 13.1. The van der Waals surface area contributed by atoms with E-state index in [-0.39, 0.29) is 11.4 Å². The Balaban J connectivity index is 2.87. The van der Waals surface area contributed by atoms with Crippen molar-refractivity contribution in [3.05, 3.63) is 12.4 Å². The molecule has 0 bridgehead atoms. The van der Waals surface area contributed by atoms with Gasteiger partial charge in [0.25, 0.3) is 0 Å². The van der Waals surface area contributed by atoms with Crippen LogP contribution in [0, 0.1) is 0 Å². The van der Waals surface area contributed by atoms with E-state index in [1.807, 2.05) is 6.92 Å². The van der Waals surface area contributed by atoms with E-state index in [2.05, 4.69) is 15.3 Å². The number of rotatable bonds is 7. The lowest BCUT2D eigenvalue weighted by Crippen LogP contribution is -2.39. The summed E-state index contributed by atoms with van der Waals surface area (Å²) in [5.41, 5.74) is -1.11. The summed E-state index contributed by atoms with van der Waals surface area (Å²) in [7, 11) is -2.28. The minimum absolute atomic E-state index is 0.00583. The molecule has 0 saturated heterocycles. The topological polar surface area (TPSA) is 95.4 Å². The van der Waals surface area contributed by atoms with E-state index in [1.165, 1.54) is 19.4 Å². The van der Waals surface area contributed by atoms with Gasteiger partial charge in [0.1, 0.15) is 4.90 Å². The lowest BCUT2D eigenvalue weighted by molar-refractivity contribution is 0.0640. The van der Waals surface area contributed by atoms with Crippen molar-refractivity contribution in [1.29, 1.82) is 0 Å². The zero-order chi connectivity index (χ0) is 15.4. The molecule has 0 aromatic carbocycles. The van der Waals surface area contributed by atoms with Gasteiger partial charge in [-0.15, -0.1) is 0 Å². The van der Waals surface area contributed by atoms with Gasteiger partial charge in [-0.05, 0) is 20.3 Å². The third kappa shape index (κ3) is 4.69. The third-order valence-corrected chi connectivity index (χ3v) is 4.24. The van der Waals surface area contributed by atoms with Crippen LogP contribution in [0.5, 0.6) is 0 Å². The Kier molecular flexibility index (Phi) is 5.43. The second-order valence-electron chi connectivity index (χ2n) is 5.24. The first kappa shape index (κ1) is 16.8. The molecule has 0 spiro atoms. The van der Waals surface area contributed by atoms with Crippen molar-refractivity contribution in [2.45, 2.75) is 37.7 Å². The zero-order valence-electron chi connectivity index (χ0n) is 12.3. The molecule has 0 amide bonds.